The number of benzene rings is 2. The number of hydrogen-bond donors (Lipinski definition) is 2. The van der Waals surface area contributed by atoms with Gasteiger partial charge in [-0.15, -0.1) is 0 Å². The standard InChI is InChI=1S/C22H22FN5O3S/c1-13-8-16(28-32)10-18-21(13)22(25-12-24-18)27-17-3-2-14(23)9-19(17)31-11-20(29)26-15-4-6-30-7-5-15/h2-3,8-10,12,15H,4-7,11H2,1H3,(H,26,29)(H,24,25,27). The summed E-state index contributed by atoms with van der Waals surface area (Å²) in [5, 5.41) is 6.88. The third-order valence-electron chi connectivity index (χ3n) is 5.17. The fourth-order valence-electron chi connectivity index (χ4n) is 3.62. The molecule has 0 bridgehead atoms. The molecule has 1 aliphatic rings. The van der Waals surface area contributed by atoms with Crippen LogP contribution in [0.5, 0.6) is 5.75 Å². The van der Waals surface area contributed by atoms with Crippen molar-refractivity contribution in [1.82, 2.24) is 15.3 Å². The first-order chi connectivity index (χ1) is 15.5. The summed E-state index contributed by atoms with van der Waals surface area (Å²) in [7, 11) is 0. The molecule has 2 aromatic carbocycles. The summed E-state index contributed by atoms with van der Waals surface area (Å²) >= 11 is 4.78. The molecular formula is C22H22FN5O3S. The Morgan fingerprint density at radius 2 is 2.09 bits per heavy atom. The monoisotopic (exact) mass is 455 g/mol. The number of carbonyl (C=O) groups is 1. The van der Waals surface area contributed by atoms with Gasteiger partial charge in [-0.3, -0.25) is 4.79 Å². The van der Waals surface area contributed by atoms with Crippen LogP contribution in [0.3, 0.4) is 0 Å². The van der Waals surface area contributed by atoms with E-state index in [1.54, 1.807) is 6.07 Å². The van der Waals surface area contributed by atoms with Gasteiger partial charge in [0.15, 0.2) is 6.61 Å². The van der Waals surface area contributed by atoms with Gasteiger partial charge in [0.25, 0.3) is 5.91 Å². The highest BCUT2D eigenvalue weighted by molar-refractivity contribution is 7.47. The maximum atomic E-state index is 13.9. The molecule has 10 heteroatoms. The first kappa shape index (κ1) is 22.0. The summed E-state index contributed by atoms with van der Waals surface area (Å²) in [4.78, 5) is 20.9. The molecule has 32 heavy (non-hydrogen) atoms. The summed E-state index contributed by atoms with van der Waals surface area (Å²) in [6.07, 6.45) is 2.95. The molecule has 1 aromatic heterocycles. The molecule has 166 valence electrons. The lowest BCUT2D eigenvalue weighted by molar-refractivity contribution is -0.124. The topological polar surface area (TPSA) is 97.7 Å². The molecule has 1 fully saturated rings. The number of ether oxygens (including phenoxy) is 2. The van der Waals surface area contributed by atoms with Gasteiger partial charge in [-0.25, -0.2) is 14.4 Å². The van der Waals surface area contributed by atoms with E-state index in [9.17, 15) is 9.18 Å². The lowest BCUT2D eigenvalue weighted by atomic mass is 10.1. The van der Waals surface area contributed by atoms with Crippen molar-refractivity contribution in [1.29, 1.82) is 0 Å². The Morgan fingerprint density at radius 1 is 1.28 bits per heavy atom. The quantitative estimate of drug-likeness (QED) is 0.558. The molecule has 1 aliphatic heterocycles. The van der Waals surface area contributed by atoms with E-state index in [0.29, 0.717) is 35.9 Å². The van der Waals surface area contributed by atoms with E-state index >= 15 is 0 Å². The number of nitrogens with one attached hydrogen (secondary N) is 2. The number of rotatable bonds is 7. The number of nitrogens with zero attached hydrogens (tertiary/aromatic N) is 3. The molecule has 4 rings (SSSR count). The molecular weight excluding hydrogens is 433 g/mol. The van der Waals surface area contributed by atoms with Crippen molar-refractivity contribution in [3.8, 4) is 5.75 Å². The number of aryl methyl sites for hydroxylation is 1. The third kappa shape index (κ3) is 5.14. The molecule has 0 unspecified atom stereocenters. The van der Waals surface area contributed by atoms with Crippen molar-refractivity contribution in [3.63, 3.8) is 0 Å². The third-order valence-corrected chi connectivity index (χ3v) is 5.38. The van der Waals surface area contributed by atoms with Crippen molar-refractivity contribution in [3.05, 3.63) is 48.0 Å². The molecule has 0 aliphatic carbocycles. The molecule has 2 N–H and O–H groups in total. The number of hydrogen-bond acceptors (Lipinski definition) is 8. The van der Waals surface area contributed by atoms with Crippen LogP contribution in [0.4, 0.5) is 21.6 Å². The zero-order valence-electron chi connectivity index (χ0n) is 17.4. The zero-order chi connectivity index (χ0) is 22.5. The minimum atomic E-state index is -0.476. The average molecular weight is 456 g/mol. The lowest BCUT2D eigenvalue weighted by Gasteiger charge is -2.23. The number of amides is 1. The van der Waals surface area contributed by atoms with Crippen LogP contribution in [0.15, 0.2) is 41.0 Å². The first-order valence-corrected chi connectivity index (χ1v) is 10.5. The Bertz CT molecular complexity index is 1150. The fourth-order valence-corrected chi connectivity index (χ4v) is 3.73. The SMILES string of the molecule is Cc1cc(N=S)cc2ncnc(Nc3ccc(F)cc3OCC(=O)NC3CCOCC3)c12. The van der Waals surface area contributed by atoms with Crippen molar-refractivity contribution in [2.24, 2.45) is 4.36 Å². The van der Waals surface area contributed by atoms with Gasteiger partial charge in [0, 0.05) is 43.1 Å². The molecule has 2 heterocycles. The first-order valence-electron chi connectivity index (χ1n) is 10.2. The second-order valence-corrected chi connectivity index (χ2v) is 7.66. The molecule has 0 radical (unpaired) electrons. The van der Waals surface area contributed by atoms with E-state index in [4.69, 9.17) is 21.9 Å². The highest BCUT2D eigenvalue weighted by Crippen LogP contribution is 2.33. The number of anilines is 2. The molecule has 1 amide bonds. The van der Waals surface area contributed by atoms with Gasteiger partial charge in [-0.05, 0) is 49.6 Å². The van der Waals surface area contributed by atoms with E-state index in [2.05, 4.69) is 25.0 Å². The van der Waals surface area contributed by atoms with Gasteiger partial charge >= 0.3 is 0 Å². The number of halogens is 1. The Hall–Kier alpha value is -3.24. The van der Waals surface area contributed by atoms with Gasteiger partial charge in [-0.1, -0.05) is 0 Å². The fraction of sp³-hybridized carbons (Fsp3) is 0.318. The molecule has 0 saturated carbocycles. The maximum Gasteiger partial charge on any atom is 0.258 e. The number of fused-ring (bicyclic) bond motifs is 1. The molecule has 0 atom stereocenters. The number of carbonyl (C=O) groups excluding carboxylic acids is 1. The van der Waals surface area contributed by atoms with E-state index in [0.717, 1.165) is 23.8 Å². The van der Waals surface area contributed by atoms with Gasteiger partial charge < -0.3 is 20.1 Å². The minimum absolute atomic E-state index is 0.0621. The smallest absolute Gasteiger partial charge is 0.258 e. The molecule has 0 spiro atoms. The second-order valence-electron chi connectivity index (χ2n) is 7.48. The predicted molar refractivity (Wildman–Crippen MR) is 121 cm³/mol. The van der Waals surface area contributed by atoms with E-state index in [1.807, 2.05) is 13.0 Å². The zero-order valence-corrected chi connectivity index (χ0v) is 18.2. The van der Waals surface area contributed by atoms with Gasteiger partial charge in [-0.2, -0.15) is 4.36 Å². The number of aromatic nitrogens is 2. The van der Waals surface area contributed by atoms with Crippen molar-refractivity contribution in [2.75, 3.05) is 25.1 Å². The predicted octanol–water partition coefficient (Wildman–Crippen LogP) is 3.86. The largest absolute Gasteiger partial charge is 0.481 e. The van der Waals surface area contributed by atoms with Crippen LogP contribution in [-0.4, -0.2) is 41.7 Å². The summed E-state index contributed by atoms with van der Waals surface area (Å²) < 4.78 is 28.7. The van der Waals surface area contributed by atoms with E-state index < -0.39 is 5.82 Å². The van der Waals surface area contributed by atoms with Crippen molar-refractivity contribution >= 4 is 46.4 Å². The Balaban J connectivity index is 1.54. The molecule has 3 aromatic rings. The van der Waals surface area contributed by atoms with Gasteiger partial charge in [0.1, 0.15) is 23.7 Å². The normalized spacial score (nSPS) is 14.2. The van der Waals surface area contributed by atoms with Crippen LogP contribution in [0.1, 0.15) is 18.4 Å². The molecule has 8 nitrogen and oxygen atoms in total. The van der Waals surface area contributed by atoms with E-state index in [1.165, 1.54) is 24.5 Å². The summed E-state index contributed by atoms with van der Waals surface area (Å²) in [6, 6.07) is 7.75. The van der Waals surface area contributed by atoms with Gasteiger partial charge in [0.05, 0.1) is 16.9 Å². The van der Waals surface area contributed by atoms with Crippen molar-refractivity contribution < 1.29 is 18.7 Å². The average Bonchev–Trinajstić information content (AvgIpc) is 2.79. The van der Waals surface area contributed by atoms with Gasteiger partial charge in [0.2, 0.25) is 0 Å². The Labute approximate surface area is 189 Å². The Kier molecular flexibility index (Phi) is 6.81. The highest BCUT2D eigenvalue weighted by atomic mass is 32.1. The van der Waals surface area contributed by atoms with Crippen LogP contribution in [0.25, 0.3) is 10.9 Å². The summed E-state index contributed by atoms with van der Waals surface area (Å²) in [5.41, 5.74) is 2.67. The van der Waals surface area contributed by atoms with Crippen LogP contribution in [-0.2, 0) is 22.0 Å². The van der Waals surface area contributed by atoms with Crippen LogP contribution >= 0.6 is 0 Å². The minimum Gasteiger partial charge on any atom is -0.481 e. The maximum absolute atomic E-state index is 13.9. The van der Waals surface area contributed by atoms with Crippen LogP contribution in [0.2, 0.25) is 0 Å². The van der Waals surface area contributed by atoms with E-state index in [-0.39, 0.29) is 24.3 Å². The Morgan fingerprint density at radius 3 is 2.88 bits per heavy atom. The van der Waals surface area contributed by atoms with Crippen molar-refractivity contribution in [2.45, 2.75) is 25.8 Å². The summed E-state index contributed by atoms with van der Waals surface area (Å²) in [6.45, 7) is 2.92. The molecule has 1 saturated heterocycles. The highest BCUT2D eigenvalue weighted by Gasteiger charge is 2.17. The van der Waals surface area contributed by atoms with Crippen LogP contribution in [0, 0.1) is 12.7 Å². The second kappa shape index (κ2) is 9.92. The van der Waals surface area contributed by atoms with Crippen LogP contribution < -0.4 is 15.4 Å². The summed E-state index contributed by atoms with van der Waals surface area (Å²) in [5.74, 6) is -0.0216. The lowest BCUT2D eigenvalue weighted by Crippen LogP contribution is -2.41.